The summed E-state index contributed by atoms with van der Waals surface area (Å²) in [4.78, 5) is 0. The van der Waals surface area contributed by atoms with Crippen molar-refractivity contribution in [1.29, 1.82) is 0 Å². The summed E-state index contributed by atoms with van der Waals surface area (Å²) >= 11 is 0. The maximum absolute atomic E-state index is 5.13. The van der Waals surface area contributed by atoms with E-state index in [4.69, 9.17) is 4.74 Å². The Morgan fingerprint density at radius 1 is 0.571 bits per heavy atom. The smallest absolute Gasteiger partial charge is 0.0463 e. The van der Waals surface area contributed by atoms with Crippen LogP contribution in [-0.2, 0) is 4.74 Å². The van der Waals surface area contributed by atoms with Crippen LogP contribution in [0.25, 0.3) is 0 Å². The lowest BCUT2D eigenvalue weighted by molar-refractivity contribution is 0.135. The summed E-state index contributed by atoms with van der Waals surface area (Å²) in [6.45, 7) is 6.09. The second kappa shape index (κ2) is 75.4. The summed E-state index contributed by atoms with van der Waals surface area (Å²) in [5, 5.41) is 0. The van der Waals surface area contributed by atoms with Crippen LogP contribution in [0.5, 0.6) is 0 Å². The maximum atomic E-state index is 5.13. The largest absolute Gasteiger partial charge is 0.381 e. The van der Waals surface area contributed by atoms with Crippen molar-refractivity contribution in [3.8, 4) is 0 Å². The molecule has 0 aromatic rings. The van der Waals surface area contributed by atoms with E-state index in [0.717, 1.165) is 26.1 Å². The molecule has 0 aliphatic heterocycles. The lowest BCUT2D eigenvalue weighted by Crippen LogP contribution is -1.92. The molecule has 0 aromatic heterocycles. The topological polar surface area (TPSA) is 9.23 Å². The Morgan fingerprint density at radius 2 is 0.786 bits per heavy atom. The van der Waals surface area contributed by atoms with Crippen LogP contribution in [0.2, 0.25) is 0 Å². The van der Waals surface area contributed by atoms with Crippen molar-refractivity contribution < 1.29 is 4.74 Å². The highest BCUT2D eigenvalue weighted by Crippen LogP contribution is 1.81. The number of hydrogen-bond acceptors (Lipinski definition) is 1. The molecule has 1 heteroatoms. The van der Waals surface area contributed by atoms with Crippen molar-refractivity contribution in [2.75, 3.05) is 13.2 Å². The molecule has 0 fully saturated rings. The fourth-order valence-electron chi connectivity index (χ4n) is 0.391. The number of ether oxygens (including phenoxy) is 1. The van der Waals surface area contributed by atoms with E-state index in [9.17, 15) is 0 Å². The van der Waals surface area contributed by atoms with E-state index in [2.05, 4.69) is 13.8 Å². The van der Waals surface area contributed by atoms with Crippen molar-refractivity contribution in [3.63, 3.8) is 0 Å². The highest BCUT2D eigenvalue weighted by atomic mass is 16.5. The molecular weight excluding hydrogens is 172 g/mol. The molecular formula is C13H42O. The molecule has 0 N–H and O–H groups in total. The summed E-state index contributed by atoms with van der Waals surface area (Å²) in [6, 6.07) is 0. The molecule has 0 heterocycles. The van der Waals surface area contributed by atoms with Gasteiger partial charge in [0.25, 0.3) is 0 Å². The van der Waals surface area contributed by atoms with E-state index in [1.807, 2.05) is 0 Å². The van der Waals surface area contributed by atoms with Gasteiger partial charge in [-0.05, 0) is 12.8 Å². The fraction of sp³-hybridized carbons (Fsp3) is 1.00. The van der Waals surface area contributed by atoms with Gasteiger partial charge in [-0.15, -0.1) is 0 Å². The van der Waals surface area contributed by atoms with Crippen LogP contribution in [-0.4, -0.2) is 13.2 Å². The van der Waals surface area contributed by atoms with Crippen molar-refractivity contribution in [2.24, 2.45) is 0 Å². The van der Waals surface area contributed by atoms with Gasteiger partial charge in [0.15, 0.2) is 0 Å². The van der Waals surface area contributed by atoms with Gasteiger partial charge in [-0.2, -0.15) is 0 Å². The maximum Gasteiger partial charge on any atom is 0.0463 e. The average molecular weight is 214 g/mol. The summed E-state index contributed by atoms with van der Waals surface area (Å²) < 4.78 is 5.13. The molecule has 0 unspecified atom stereocenters. The molecule has 0 spiro atoms. The molecule has 0 saturated heterocycles. The van der Waals surface area contributed by atoms with Gasteiger partial charge in [0.2, 0.25) is 0 Å². The Labute approximate surface area is 97.3 Å². The molecule has 0 rings (SSSR count). The molecule has 0 aliphatic rings. The third-order valence-electron chi connectivity index (χ3n) is 0.697. The van der Waals surface area contributed by atoms with Crippen LogP contribution in [0.4, 0.5) is 0 Å². The third kappa shape index (κ3) is 91.6. The van der Waals surface area contributed by atoms with E-state index in [0.29, 0.717) is 0 Å². The van der Waals surface area contributed by atoms with Gasteiger partial charge in [0, 0.05) is 13.2 Å². The Hall–Kier alpha value is -0.0400. The van der Waals surface area contributed by atoms with E-state index in [1.54, 1.807) is 0 Å². The average Bonchev–Trinajstić information content (AvgIpc) is 1.69. The van der Waals surface area contributed by atoms with Gasteiger partial charge < -0.3 is 4.74 Å². The highest BCUT2D eigenvalue weighted by molar-refractivity contribution is 4.25. The van der Waals surface area contributed by atoms with Gasteiger partial charge in [0.05, 0.1) is 0 Å². The summed E-state index contributed by atoms with van der Waals surface area (Å²) in [6.07, 6.45) is 2.28. The van der Waals surface area contributed by atoms with E-state index >= 15 is 0 Å². The van der Waals surface area contributed by atoms with E-state index < -0.39 is 0 Å². The lowest BCUT2D eigenvalue weighted by atomic mass is 10.5. The minimum atomic E-state index is 0. The molecule has 0 aliphatic carbocycles. The second-order valence-electron chi connectivity index (χ2n) is 1.61. The monoisotopic (exact) mass is 214 g/mol. The molecule has 14 heavy (non-hydrogen) atoms. The second-order valence-corrected chi connectivity index (χ2v) is 1.61. The minimum absolute atomic E-state index is 0. The normalized spacial score (nSPS) is 4.71. The summed E-state index contributed by atoms with van der Waals surface area (Å²) in [5.41, 5.74) is 0. The first-order valence-electron chi connectivity index (χ1n) is 2.99. The lowest BCUT2D eigenvalue weighted by Gasteiger charge is -1.95. The number of hydrogen-bond donors (Lipinski definition) is 0. The molecule has 100 valence electrons. The first kappa shape index (κ1) is 66.0. The first-order chi connectivity index (χ1) is 3.41. The van der Waals surface area contributed by atoms with Crippen LogP contribution in [0.3, 0.4) is 0 Å². The van der Waals surface area contributed by atoms with Crippen LogP contribution in [0.1, 0.15) is 78.7 Å². The fourth-order valence-corrected chi connectivity index (χ4v) is 0.391. The van der Waals surface area contributed by atoms with Crippen molar-refractivity contribution in [3.05, 3.63) is 0 Å². The Bertz CT molecular complexity index is 24.4. The molecule has 0 radical (unpaired) electrons. The van der Waals surface area contributed by atoms with E-state index in [1.165, 1.54) is 0 Å². The quantitative estimate of drug-likeness (QED) is 0.501. The van der Waals surface area contributed by atoms with Gasteiger partial charge in [0.1, 0.15) is 0 Å². The third-order valence-corrected chi connectivity index (χ3v) is 0.697. The SMILES string of the molecule is C.C.C.C.C.C.C.CCCOCCC. The number of rotatable bonds is 4. The van der Waals surface area contributed by atoms with Gasteiger partial charge in [-0.1, -0.05) is 65.8 Å². The predicted octanol–water partition coefficient (Wildman–Crippen LogP) is 6.28. The zero-order valence-electron chi connectivity index (χ0n) is 5.24. The van der Waals surface area contributed by atoms with Gasteiger partial charge in [-0.25, -0.2) is 0 Å². The minimum Gasteiger partial charge on any atom is -0.381 e. The van der Waals surface area contributed by atoms with Crippen molar-refractivity contribution in [2.45, 2.75) is 78.7 Å². The molecule has 0 atom stereocenters. The molecule has 0 bridgehead atoms. The molecule has 0 saturated carbocycles. The molecule has 0 amide bonds. The van der Waals surface area contributed by atoms with Crippen molar-refractivity contribution in [1.82, 2.24) is 0 Å². The van der Waals surface area contributed by atoms with Gasteiger partial charge >= 0.3 is 0 Å². The molecule has 1 nitrogen and oxygen atoms in total. The molecule has 0 aromatic carbocycles. The Balaban J connectivity index is -0.00000000857. The van der Waals surface area contributed by atoms with Crippen LogP contribution in [0, 0.1) is 0 Å². The Kier molecular flexibility index (Phi) is 355. The van der Waals surface area contributed by atoms with Crippen LogP contribution >= 0.6 is 0 Å². The Morgan fingerprint density at radius 3 is 0.929 bits per heavy atom. The summed E-state index contributed by atoms with van der Waals surface area (Å²) in [7, 11) is 0. The summed E-state index contributed by atoms with van der Waals surface area (Å²) in [5.74, 6) is 0. The predicted molar refractivity (Wildman–Crippen MR) is 78.5 cm³/mol. The standard InChI is InChI=1S/C6H14O.7CH4/c1-3-5-7-6-4-2;;;;;;;/h3-6H2,1-2H3;7*1H4. The zero-order valence-corrected chi connectivity index (χ0v) is 5.24. The van der Waals surface area contributed by atoms with Gasteiger partial charge in [-0.3, -0.25) is 0 Å². The van der Waals surface area contributed by atoms with Crippen LogP contribution in [0.15, 0.2) is 0 Å². The first-order valence-corrected chi connectivity index (χ1v) is 2.99. The van der Waals surface area contributed by atoms with Crippen LogP contribution < -0.4 is 0 Å². The highest BCUT2D eigenvalue weighted by Gasteiger charge is 1.77. The van der Waals surface area contributed by atoms with E-state index in [-0.39, 0.29) is 52.0 Å². The zero-order chi connectivity index (χ0) is 5.54. The van der Waals surface area contributed by atoms with Crippen molar-refractivity contribution >= 4 is 0 Å².